The van der Waals surface area contributed by atoms with Crippen LogP contribution >= 0.6 is 11.6 Å². The molecule has 0 aliphatic carbocycles. The third kappa shape index (κ3) is 2.38. The van der Waals surface area contributed by atoms with Gasteiger partial charge in [0, 0.05) is 29.4 Å². The molecule has 1 aromatic carbocycles. The van der Waals surface area contributed by atoms with Gasteiger partial charge in [-0.05, 0) is 31.5 Å². The molecule has 28 heavy (non-hydrogen) atoms. The molecule has 0 radical (unpaired) electrons. The quantitative estimate of drug-likeness (QED) is 0.623. The van der Waals surface area contributed by atoms with E-state index in [2.05, 4.69) is 10.6 Å². The first-order valence-electron chi connectivity index (χ1n) is 9.16. The van der Waals surface area contributed by atoms with Crippen molar-refractivity contribution in [2.75, 3.05) is 25.6 Å². The Labute approximate surface area is 167 Å². The number of ether oxygens (including phenoxy) is 1. The number of rotatable bonds is 4. The van der Waals surface area contributed by atoms with E-state index in [4.69, 9.17) is 16.3 Å². The van der Waals surface area contributed by atoms with Crippen molar-refractivity contribution in [1.82, 2.24) is 10.2 Å². The van der Waals surface area contributed by atoms with Crippen LogP contribution in [0, 0.1) is 18.8 Å². The molecule has 4 rings (SSSR count). The van der Waals surface area contributed by atoms with Crippen LogP contribution in [-0.4, -0.2) is 60.1 Å². The summed E-state index contributed by atoms with van der Waals surface area (Å²) >= 11 is 6.25. The lowest BCUT2D eigenvalue weighted by Crippen LogP contribution is -2.55. The van der Waals surface area contributed by atoms with Crippen molar-refractivity contribution >= 4 is 35.0 Å². The predicted molar refractivity (Wildman–Crippen MR) is 101 cm³/mol. The maximum atomic E-state index is 13.3. The molecule has 3 aliphatic heterocycles. The summed E-state index contributed by atoms with van der Waals surface area (Å²) < 4.78 is 5.01. The largest absolute Gasteiger partial charge is 0.392 e. The third-order valence-electron chi connectivity index (χ3n) is 6.05. The van der Waals surface area contributed by atoms with E-state index in [1.54, 1.807) is 19.1 Å². The van der Waals surface area contributed by atoms with Gasteiger partial charge in [0.15, 0.2) is 0 Å². The van der Waals surface area contributed by atoms with Gasteiger partial charge in [-0.15, -0.1) is 0 Å². The minimum absolute atomic E-state index is 0.104. The number of likely N-dealkylation sites (tertiary alicyclic amines) is 1. The maximum absolute atomic E-state index is 13.3. The second kappa shape index (κ2) is 6.52. The number of fused-ring (bicyclic) bond motifs is 4. The zero-order valence-corrected chi connectivity index (χ0v) is 16.5. The minimum Gasteiger partial charge on any atom is -0.392 e. The van der Waals surface area contributed by atoms with Crippen molar-refractivity contribution in [3.05, 3.63) is 28.3 Å². The van der Waals surface area contributed by atoms with E-state index in [1.807, 2.05) is 6.92 Å². The van der Waals surface area contributed by atoms with Gasteiger partial charge in [-0.3, -0.25) is 24.6 Å². The summed E-state index contributed by atoms with van der Waals surface area (Å²) in [6.07, 6.45) is -0.942. The average molecular weight is 408 g/mol. The number of nitrogens with one attached hydrogen (secondary N) is 2. The topological polar surface area (TPSA) is 108 Å². The molecule has 0 saturated carbocycles. The number of carbonyl (C=O) groups excluding carboxylic acids is 3. The van der Waals surface area contributed by atoms with Crippen LogP contribution in [0.15, 0.2) is 12.1 Å². The lowest BCUT2D eigenvalue weighted by molar-refractivity contribution is -0.143. The first-order valence-corrected chi connectivity index (χ1v) is 9.53. The normalized spacial score (nSPS) is 32.1. The number of halogens is 1. The number of nitrogens with zero attached hydrogens (tertiary/aromatic N) is 1. The number of imide groups is 1. The Morgan fingerprint density at radius 2 is 2.04 bits per heavy atom. The Hall–Kier alpha value is -2.00. The summed E-state index contributed by atoms with van der Waals surface area (Å²) in [6.45, 7) is 3.66. The standard InChI is InChI=1S/C19H22ClN3O5/c1-8-6-10(20)7-11-14(8)21-18(27)19(11)13-12(15(22-19)9(2)24)16(25)23(17(13)26)4-5-28-3/h6-7,9,12-13,15,22,24H,4-5H2,1-3H3,(H,21,27)/t9-,12-,13-,15+,19+/m0/s1. The van der Waals surface area contributed by atoms with Crippen molar-refractivity contribution < 1.29 is 24.2 Å². The van der Waals surface area contributed by atoms with E-state index < -0.39 is 47.2 Å². The number of methoxy groups -OCH3 is 1. The van der Waals surface area contributed by atoms with E-state index >= 15 is 0 Å². The van der Waals surface area contributed by atoms with Crippen molar-refractivity contribution in [2.24, 2.45) is 11.8 Å². The number of aliphatic hydroxyl groups is 1. The lowest BCUT2D eigenvalue weighted by atomic mass is 9.76. The number of carbonyl (C=O) groups is 3. The molecule has 1 spiro atoms. The van der Waals surface area contributed by atoms with Crippen LogP contribution < -0.4 is 10.6 Å². The Kier molecular flexibility index (Phi) is 4.50. The number of hydrogen-bond donors (Lipinski definition) is 3. The molecule has 0 unspecified atom stereocenters. The lowest BCUT2D eigenvalue weighted by Gasteiger charge is -2.30. The number of anilines is 1. The summed E-state index contributed by atoms with van der Waals surface area (Å²) in [6, 6.07) is 2.63. The molecule has 3 aliphatic rings. The van der Waals surface area contributed by atoms with E-state index in [0.717, 1.165) is 10.5 Å². The van der Waals surface area contributed by atoms with Gasteiger partial charge in [0.1, 0.15) is 5.54 Å². The molecule has 2 fully saturated rings. The van der Waals surface area contributed by atoms with Crippen molar-refractivity contribution in [3.8, 4) is 0 Å². The van der Waals surface area contributed by atoms with E-state index in [1.165, 1.54) is 7.11 Å². The Bertz CT molecular complexity index is 889. The number of benzene rings is 1. The molecular formula is C19H22ClN3O5. The first-order chi connectivity index (χ1) is 13.2. The summed E-state index contributed by atoms with van der Waals surface area (Å²) in [5.41, 5.74) is 0.434. The second-order valence-corrected chi connectivity index (χ2v) is 8.08. The van der Waals surface area contributed by atoms with Crippen LogP contribution in [0.3, 0.4) is 0 Å². The van der Waals surface area contributed by atoms with Crippen LogP contribution in [0.2, 0.25) is 5.02 Å². The van der Waals surface area contributed by atoms with Crippen LogP contribution in [0.25, 0.3) is 0 Å². The van der Waals surface area contributed by atoms with Gasteiger partial charge >= 0.3 is 0 Å². The Morgan fingerprint density at radius 1 is 1.32 bits per heavy atom. The fourth-order valence-corrected chi connectivity index (χ4v) is 5.11. The van der Waals surface area contributed by atoms with Gasteiger partial charge < -0.3 is 15.2 Å². The highest BCUT2D eigenvalue weighted by Gasteiger charge is 2.71. The molecule has 2 saturated heterocycles. The monoisotopic (exact) mass is 407 g/mol. The molecule has 3 heterocycles. The van der Waals surface area contributed by atoms with Crippen LogP contribution in [0.1, 0.15) is 18.1 Å². The average Bonchev–Trinajstić information content (AvgIpc) is 3.21. The van der Waals surface area contributed by atoms with Gasteiger partial charge in [0.05, 0.1) is 31.1 Å². The van der Waals surface area contributed by atoms with E-state index in [0.29, 0.717) is 16.3 Å². The van der Waals surface area contributed by atoms with Gasteiger partial charge in [-0.2, -0.15) is 0 Å². The van der Waals surface area contributed by atoms with Crippen molar-refractivity contribution in [2.45, 2.75) is 31.5 Å². The summed E-state index contributed by atoms with van der Waals surface area (Å²) in [5, 5.41) is 16.7. The maximum Gasteiger partial charge on any atom is 0.250 e. The molecule has 9 heteroatoms. The van der Waals surface area contributed by atoms with Crippen LogP contribution in [0.4, 0.5) is 5.69 Å². The van der Waals surface area contributed by atoms with E-state index in [-0.39, 0.29) is 13.2 Å². The second-order valence-electron chi connectivity index (χ2n) is 7.64. The molecule has 5 atom stereocenters. The smallest absolute Gasteiger partial charge is 0.250 e. The zero-order valence-electron chi connectivity index (χ0n) is 15.8. The molecule has 150 valence electrons. The summed E-state index contributed by atoms with van der Waals surface area (Å²) in [4.78, 5) is 40.7. The van der Waals surface area contributed by atoms with Crippen LogP contribution in [-0.2, 0) is 24.7 Å². The Balaban J connectivity index is 1.89. The highest BCUT2D eigenvalue weighted by Crippen LogP contribution is 2.54. The number of aliphatic hydroxyl groups excluding tert-OH is 1. The highest BCUT2D eigenvalue weighted by atomic mass is 35.5. The van der Waals surface area contributed by atoms with Crippen LogP contribution in [0.5, 0.6) is 0 Å². The first kappa shape index (κ1) is 19.3. The molecule has 3 amide bonds. The van der Waals surface area contributed by atoms with Gasteiger partial charge in [0.25, 0.3) is 0 Å². The molecule has 0 bridgehead atoms. The predicted octanol–water partition coefficient (Wildman–Crippen LogP) is 0.396. The SMILES string of the molecule is COCCN1C(=O)[C@@H]2[C@@H]([C@H](C)O)N[C@@]3(C(=O)Nc4c(C)cc(Cl)cc43)[C@@H]2C1=O. The van der Waals surface area contributed by atoms with Gasteiger partial charge in [-0.25, -0.2) is 0 Å². The fraction of sp³-hybridized carbons (Fsp3) is 0.526. The number of aryl methyl sites for hydroxylation is 1. The minimum atomic E-state index is -1.45. The van der Waals surface area contributed by atoms with Crippen molar-refractivity contribution in [1.29, 1.82) is 0 Å². The number of hydrogen-bond acceptors (Lipinski definition) is 6. The molecular weight excluding hydrogens is 386 g/mol. The summed E-state index contributed by atoms with van der Waals surface area (Å²) in [5.74, 6) is -3.07. The molecule has 8 nitrogen and oxygen atoms in total. The molecule has 1 aromatic rings. The zero-order chi connectivity index (χ0) is 20.4. The van der Waals surface area contributed by atoms with E-state index in [9.17, 15) is 19.5 Å². The molecule has 0 aromatic heterocycles. The number of amides is 3. The summed E-state index contributed by atoms with van der Waals surface area (Å²) in [7, 11) is 1.49. The third-order valence-corrected chi connectivity index (χ3v) is 6.27. The molecule has 3 N–H and O–H groups in total. The fourth-order valence-electron chi connectivity index (χ4n) is 4.84. The van der Waals surface area contributed by atoms with Gasteiger partial charge in [0.2, 0.25) is 17.7 Å². The Morgan fingerprint density at radius 3 is 2.68 bits per heavy atom. The highest BCUT2D eigenvalue weighted by molar-refractivity contribution is 6.31. The van der Waals surface area contributed by atoms with Crippen molar-refractivity contribution in [3.63, 3.8) is 0 Å². The van der Waals surface area contributed by atoms with Gasteiger partial charge in [-0.1, -0.05) is 11.6 Å².